The highest BCUT2D eigenvalue weighted by molar-refractivity contribution is 5.88. The van der Waals surface area contributed by atoms with E-state index in [1.807, 2.05) is 0 Å². The second-order valence-corrected chi connectivity index (χ2v) is 7.59. The first-order chi connectivity index (χ1) is 12.3. The van der Waals surface area contributed by atoms with E-state index in [2.05, 4.69) is 46.4 Å². The Hall–Kier alpha value is -2.48. The number of pyridine rings is 1. The summed E-state index contributed by atoms with van der Waals surface area (Å²) >= 11 is 0. The van der Waals surface area contributed by atoms with E-state index >= 15 is 0 Å². The van der Waals surface area contributed by atoms with Gasteiger partial charge in [0.05, 0.1) is 6.20 Å². The van der Waals surface area contributed by atoms with Crippen molar-refractivity contribution < 1.29 is 9.18 Å². The lowest BCUT2D eigenvalue weighted by atomic mass is 10.1. The summed E-state index contributed by atoms with van der Waals surface area (Å²) in [7, 11) is 0. The quantitative estimate of drug-likeness (QED) is 0.879. The third kappa shape index (κ3) is 4.57. The molecular formula is C18H25FN6O. The summed E-state index contributed by atoms with van der Waals surface area (Å²) in [5, 5.41) is 9.85. The molecule has 140 valence electrons. The van der Waals surface area contributed by atoms with Gasteiger partial charge in [0.25, 0.3) is 0 Å². The highest BCUT2D eigenvalue weighted by Gasteiger charge is 2.30. The SMILES string of the molecule is CC(C)(C)N1CCC(CNC(=O)Nc2ccn(-c3ccc(F)cn3)n2)C1. The molecule has 1 aliphatic rings. The first kappa shape index (κ1) is 18.3. The van der Waals surface area contributed by atoms with E-state index in [1.54, 1.807) is 12.3 Å². The summed E-state index contributed by atoms with van der Waals surface area (Å²) < 4.78 is 14.4. The van der Waals surface area contributed by atoms with E-state index in [0.29, 0.717) is 24.1 Å². The van der Waals surface area contributed by atoms with E-state index in [4.69, 9.17) is 0 Å². The van der Waals surface area contributed by atoms with Gasteiger partial charge in [-0.3, -0.25) is 10.2 Å². The summed E-state index contributed by atoms with van der Waals surface area (Å²) in [5.74, 6) is 0.945. The van der Waals surface area contributed by atoms with Gasteiger partial charge in [-0.15, -0.1) is 5.10 Å². The van der Waals surface area contributed by atoms with Crippen LogP contribution in [0.2, 0.25) is 0 Å². The van der Waals surface area contributed by atoms with Gasteiger partial charge in [0.1, 0.15) is 5.82 Å². The lowest BCUT2D eigenvalue weighted by molar-refractivity contribution is 0.168. The molecule has 2 aromatic heterocycles. The van der Waals surface area contributed by atoms with E-state index in [9.17, 15) is 9.18 Å². The lowest BCUT2D eigenvalue weighted by Gasteiger charge is -2.31. The maximum Gasteiger partial charge on any atom is 0.320 e. The Labute approximate surface area is 152 Å². The number of carbonyl (C=O) groups is 1. The van der Waals surface area contributed by atoms with Crippen molar-refractivity contribution in [3.05, 3.63) is 36.4 Å². The van der Waals surface area contributed by atoms with Crippen molar-refractivity contribution >= 4 is 11.8 Å². The zero-order valence-corrected chi connectivity index (χ0v) is 15.4. The fourth-order valence-electron chi connectivity index (χ4n) is 3.03. The van der Waals surface area contributed by atoms with Crippen molar-refractivity contribution in [3.63, 3.8) is 0 Å². The molecule has 26 heavy (non-hydrogen) atoms. The van der Waals surface area contributed by atoms with Crippen LogP contribution in [0.5, 0.6) is 0 Å². The third-order valence-electron chi connectivity index (χ3n) is 4.56. The number of hydrogen-bond donors (Lipinski definition) is 2. The lowest BCUT2D eigenvalue weighted by Crippen LogP contribution is -2.40. The molecule has 2 N–H and O–H groups in total. The Morgan fingerprint density at radius 2 is 2.15 bits per heavy atom. The van der Waals surface area contributed by atoms with Crippen LogP contribution in [0.25, 0.3) is 5.82 Å². The first-order valence-electron chi connectivity index (χ1n) is 8.79. The van der Waals surface area contributed by atoms with Crippen LogP contribution in [0.4, 0.5) is 15.0 Å². The number of amides is 2. The Kier molecular flexibility index (Phi) is 5.22. The van der Waals surface area contributed by atoms with Gasteiger partial charge in [0.15, 0.2) is 11.6 Å². The maximum atomic E-state index is 12.9. The van der Waals surface area contributed by atoms with Crippen LogP contribution in [0.15, 0.2) is 30.6 Å². The normalized spacial score (nSPS) is 18.1. The van der Waals surface area contributed by atoms with Crippen LogP contribution < -0.4 is 10.6 Å². The number of halogens is 1. The number of rotatable bonds is 4. The molecule has 0 spiro atoms. The molecule has 7 nitrogen and oxygen atoms in total. The Balaban J connectivity index is 1.48. The molecule has 2 amide bonds. The van der Waals surface area contributed by atoms with Gasteiger partial charge < -0.3 is 5.32 Å². The van der Waals surface area contributed by atoms with Crippen molar-refractivity contribution in [2.75, 3.05) is 25.0 Å². The molecule has 1 aliphatic heterocycles. The third-order valence-corrected chi connectivity index (χ3v) is 4.56. The van der Waals surface area contributed by atoms with Crippen LogP contribution in [-0.2, 0) is 0 Å². The standard InChI is InChI=1S/C18H25FN6O/c1-18(2,3)24-8-6-13(12-24)10-21-17(26)22-15-7-9-25(23-15)16-5-4-14(19)11-20-16/h4-5,7,9,11,13H,6,8,10,12H2,1-3H3,(H2,21,22,23,26). The zero-order chi connectivity index (χ0) is 18.7. The van der Waals surface area contributed by atoms with Crippen LogP contribution >= 0.6 is 0 Å². The van der Waals surface area contributed by atoms with Crippen molar-refractivity contribution in [3.8, 4) is 5.82 Å². The summed E-state index contributed by atoms with van der Waals surface area (Å²) in [5.41, 5.74) is 0.165. The minimum Gasteiger partial charge on any atom is -0.338 e. The molecule has 0 bridgehead atoms. The Bertz CT molecular complexity index is 752. The largest absolute Gasteiger partial charge is 0.338 e. The molecule has 0 aromatic carbocycles. The summed E-state index contributed by atoms with van der Waals surface area (Å²) in [6, 6.07) is 4.22. The number of urea groups is 1. The molecule has 2 aromatic rings. The summed E-state index contributed by atoms with van der Waals surface area (Å²) in [4.78, 5) is 18.5. The molecule has 0 radical (unpaired) electrons. The number of nitrogens with one attached hydrogen (secondary N) is 2. The van der Waals surface area contributed by atoms with Crippen LogP contribution in [0, 0.1) is 11.7 Å². The number of anilines is 1. The molecule has 0 aliphatic carbocycles. The van der Waals surface area contributed by atoms with Crippen molar-refractivity contribution in [1.82, 2.24) is 25.0 Å². The molecule has 1 saturated heterocycles. The Morgan fingerprint density at radius 1 is 1.35 bits per heavy atom. The van der Waals surface area contributed by atoms with Gasteiger partial charge >= 0.3 is 6.03 Å². The molecule has 1 fully saturated rings. The Morgan fingerprint density at radius 3 is 2.81 bits per heavy atom. The van der Waals surface area contributed by atoms with E-state index in [0.717, 1.165) is 25.7 Å². The molecular weight excluding hydrogens is 335 g/mol. The van der Waals surface area contributed by atoms with Gasteiger partial charge in [-0.2, -0.15) is 0 Å². The van der Waals surface area contributed by atoms with E-state index in [-0.39, 0.29) is 11.6 Å². The number of hydrogen-bond acceptors (Lipinski definition) is 4. The highest BCUT2D eigenvalue weighted by Crippen LogP contribution is 2.23. The average Bonchev–Trinajstić information content (AvgIpc) is 3.22. The smallest absolute Gasteiger partial charge is 0.320 e. The second kappa shape index (κ2) is 7.41. The minimum atomic E-state index is -0.407. The summed E-state index contributed by atoms with van der Waals surface area (Å²) in [6.45, 7) is 9.32. The number of carbonyl (C=O) groups excluding carboxylic acids is 1. The number of likely N-dealkylation sites (tertiary alicyclic amines) is 1. The monoisotopic (exact) mass is 360 g/mol. The second-order valence-electron chi connectivity index (χ2n) is 7.59. The van der Waals surface area contributed by atoms with Gasteiger partial charge in [-0.1, -0.05) is 0 Å². The minimum absolute atomic E-state index is 0.165. The fraction of sp³-hybridized carbons (Fsp3) is 0.500. The highest BCUT2D eigenvalue weighted by atomic mass is 19.1. The molecule has 3 rings (SSSR count). The average molecular weight is 360 g/mol. The van der Waals surface area contributed by atoms with Gasteiger partial charge in [0.2, 0.25) is 0 Å². The molecule has 0 saturated carbocycles. The van der Waals surface area contributed by atoms with Gasteiger partial charge in [-0.25, -0.2) is 18.9 Å². The topological polar surface area (TPSA) is 75.1 Å². The van der Waals surface area contributed by atoms with Crippen molar-refractivity contribution in [2.45, 2.75) is 32.7 Å². The van der Waals surface area contributed by atoms with Gasteiger partial charge in [-0.05, 0) is 51.8 Å². The van der Waals surface area contributed by atoms with Gasteiger partial charge in [0, 0.05) is 30.9 Å². The fourth-order valence-corrected chi connectivity index (χ4v) is 3.03. The molecule has 1 atom stereocenters. The zero-order valence-electron chi connectivity index (χ0n) is 15.4. The van der Waals surface area contributed by atoms with Crippen molar-refractivity contribution in [2.24, 2.45) is 5.92 Å². The van der Waals surface area contributed by atoms with Crippen LogP contribution in [0.1, 0.15) is 27.2 Å². The number of aromatic nitrogens is 3. The summed E-state index contributed by atoms with van der Waals surface area (Å²) in [6.07, 6.45) is 3.87. The molecule has 1 unspecified atom stereocenters. The number of nitrogens with zero attached hydrogens (tertiary/aromatic N) is 4. The van der Waals surface area contributed by atoms with Crippen molar-refractivity contribution in [1.29, 1.82) is 0 Å². The predicted octanol–water partition coefficient (Wildman–Crippen LogP) is 2.65. The molecule has 3 heterocycles. The molecule has 8 heteroatoms. The van der Waals surface area contributed by atoms with Crippen LogP contribution in [-0.4, -0.2) is 50.9 Å². The van der Waals surface area contributed by atoms with E-state index < -0.39 is 5.82 Å². The van der Waals surface area contributed by atoms with E-state index in [1.165, 1.54) is 16.8 Å². The van der Waals surface area contributed by atoms with Crippen LogP contribution in [0.3, 0.4) is 0 Å². The first-order valence-corrected chi connectivity index (χ1v) is 8.79. The predicted molar refractivity (Wildman–Crippen MR) is 97.8 cm³/mol. The maximum absolute atomic E-state index is 12.9.